The van der Waals surface area contributed by atoms with E-state index in [0.29, 0.717) is 5.31 Å². The van der Waals surface area contributed by atoms with Gasteiger partial charge in [0.2, 0.25) is 0 Å². The van der Waals surface area contributed by atoms with E-state index in [4.69, 9.17) is 0 Å². The molecule has 0 bridgehead atoms. The first kappa shape index (κ1) is 11.8. The lowest BCUT2D eigenvalue weighted by Crippen LogP contribution is -2.01. The SMILES string of the molecule is BC(C)(/C=C/CC(C)CC)CC. The van der Waals surface area contributed by atoms with Crippen LogP contribution < -0.4 is 0 Å². The minimum atomic E-state index is 0.396. The van der Waals surface area contributed by atoms with Gasteiger partial charge in [0.1, 0.15) is 7.85 Å². The highest BCUT2D eigenvalue weighted by Crippen LogP contribution is 2.26. The largest absolute Gasteiger partial charge is 0.114 e. The lowest BCUT2D eigenvalue weighted by Gasteiger charge is -2.17. The smallest absolute Gasteiger partial charge is 0.0906 e. The Hall–Kier alpha value is -0.195. The van der Waals surface area contributed by atoms with Crippen LogP contribution in [0, 0.1) is 5.92 Å². The molecule has 0 radical (unpaired) electrons. The van der Waals surface area contributed by atoms with Crippen molar-refractivity contribution >= 4 is 7.85 Å². The molecule has 0 aliphatic carbocycles. The summed E-state index contributed by atoms with van der Waals surface area (Å²) < 4.78 is 0. The van der Waals surface area contributed by atoms with Crippen LogP contribution in [0.15, 0.2) is 12.2 Å². The number of hydrogen-bond acceptors (Lipinski definition) is 0. The van der Waals surface area contributed by atoms with Crippen LogP contribution in [-0.4, -0.2) is 7.85 Å². The molecule has 0 aliphatic rings. The highest BCUT2D eigenvalue weighted by molar-refractivity contribution is 6.16. The van der Waals surface area contributed by atoms with Gasteiger partial charge in [0.25, 0.3) is 0 Å². The predicted molar refractivity (Wildman–Crippen MR) is 60.4 cm³/mol. The molecule has 2 unspecified atom stereocenters. The van der Waals surface area contributed by atoms with Gasteiger partial charge in [-0.2, -0.15) is 0 Å². The maximum Gasteiger partial charge on any atom is 0.114 e. The molecule has 0 aromatic carbocycles. The summed E-state index contributed by atoms with van der Waals surface area (Å²) >= 11 is 0. The molecule has 0 rings (SSSR count). The number of rotatable bonds is 5. The van der Waals surface area contributed by atoms with Crippen molar-refractivity contribution in [2.75, 3.05) is 0 Å². The maximum absolute atomic E-state index is 2.36. The van der Waals surface area contributed by atoms with Gasteiger partial charge in [-0.05, 0) is 17.7 Å². The van der Waals surface area contributed by atoms with Gasteiger partial charge in [-0.1, -0.05) is 52.7 Å². The standard InChI is InChI=1S/C11H23B/c1-5-10(3)8-7-9-11(4,12)6-2/h7,9-10H,5-6,8,12H2,1-4H3/b9-7+. The summed E-state index contributed by atoms with van der Waals surface area (Å²) in [5.74, 6) is 0.842. The molecule has 1 heteroatoms. The van der Waals surface area contributed by atoms with Crippen LogP contribution in [0.2, 0.25) is 5.31 Å². The lowest BCUT2D eigenvalue weighted by atomic mass is 9.68. The third-order valence-corrected chi connectivity index (χ3v) is 2.72. The van der Waals surface area contributed by atoms with Crippen LogP contribution in [0.4, 0.5) is 0 Å². The summed E-state index contributed by atoms with van der Waals surface area (Å²) in [5, 5.41) is 0.396. The predicted octanol–water partition coefficient (Wildman–Crippen LogP) is 3.20. The quantitative estimate of drug-likeness (QED) is 0.434. The Bertz CT molecular complexity index is 136. The van der Waals surface area contributed by atoms with Gasteiger partial charge in [-0.15, -0.1) is 0 Å². The van der Waals surface area contributed by atoms with Crippen molar-refractivity contribution in [2.24, 2.45) is 5.92 Å². The average molecular weight is 166 g/mol. The Morgan fingerprint density at radius 1 is 1.42 bits per heavy atom. The molecule has 0 spiro atoms. The molecule has 0 aromatic heterocycles. The van der Waals surface area contributed by atoms with Crippen molar-refractivity contribution in [3.63, 3.8) is 0 Å². The summed E-state index contributed by atoms with van der Waals surface area (Å²) in [6.07, 6.45) is 8.46. The van der Waals surface area contributed by atoms with Gasteiger partial charge in [-0.25, -0.2) is 0 Å². The van der Waals surface area contributed by atoms with Gasteiger partial charge in [0, 0.05) is 0 Å². The second kappa shape index (κ2) is 5.45. The highest BCUT2D eigenvalue weighted by atomic mass is 14.1. The van der Waals surface area contributed by atoms with Crippen LogP contribution in [0.5, 0.6) is 0 Å². The van der Waals surface area contributed by atoms with E-state index in [0.717, 1.165) is 5.92 Å². The van der Waals surface area contributed by atoms with E-state index in [1.54, 1.807) is 0 Å². The Kier molecular flexibility index (Phi) is 5.36. The molecule has 0 N–H and O–H groups in total. The molecular weight excluding hydrogens is 143 g/mol. The number of allylic oxidation sites excluding steroid dienone is 2. The van der Waals surface area contributed by atoms with Crippen LogP contribution in [0.1, 0.15) is 47.0 Å². The number of hydrogen-bond donors (Lipinski definition) is 0. The summed E-state index contributed by atoms with van der Waals surface area (Å²) in [4.78, 5) is 0. The van der Waals surface area contributed by atoms with E-state index in [1.807, 2.05) is 0 Å². The summed E-state index contributed by atoms with van der Waals surface area (Å²) in [6.45, 7) is 9.10. The van der Waals surface area contributed by atoms with Gasteiger partial charge in [0.15, 0.2) is 0 Å². The molecule has 0 aromatic rings. The molecule has 0 amide bonds. The summed E-state index contributed by atoms with van der Waals surface area (Å²) in [7, 11) is 2.29. The second-order valence-corrected chi connectivity index (χ2v) is 4.49. The molecular formula is C11H23B. The maximum atomic E-state index is 2.36. The lowest BCUT2D eigenvalue weighted by molar-refractivity contribution is 0.569. The molecule has 0 nitrogen and oxygen atoms in total. The monoisotopic (exact) mass is 166 g/mol. The topological polar surface area (TPSA) is 0 Å². The zero-order valence-corrected chi connectivity index (χ0v) is 9.35. The molecule has 0 aliphatic heterocycles. The summed E-state index contributed by atoms with van der Waals surface area (Å²) in [5.41, 5.74) is 0. The molecule has 0 heterocycles. The van der Waals surface area contributed by atoms with Gasteiger partial charge < -0.3 is 0 Å². The van der Waals surface area contributed by atoms with Crippen LogP contribution in [-0.2, 0) is 0 Å². The summed E-state index contributed by atoms with van der Waals surface area (Å²) in [6, 6.07) is 0. The Labute approximate surface area is 78.9 Å². The first-order chi connectivity index (χ1) is 5.52. The third kappa shape index (κ3) is 5.45. The Morgan fingerprint density at radius 2 is 2.00 bits per heavy atom. The highest BCUT2D eigenvalue weighted by Gasteiger charge is 2.09. The molecule has 70 valence electrons. The first-order valence-electron chi connectivity index (χ1n) is 5.19. The van der Waals surface area contributed by atoms with Crippen molar-refractivity contribution in [3.05, 3.63) is 12.2 Å². The van der Waals surface area contributed by atoms with Crippen molar-refractivity contribution in [1.82, 2.24) is 0 Å². The third-order valence-electron chi connectivity index (χ3n) is 2.72. The fraction of sp³-hybridized carbons (Fsp3) is 0.818. The van der Waals surface area contributed by atoms with Crippen molar-refractivity contribution in [2.45, 2.75) is 52.3 Å². The molecule has 12 heavy (non-hydrogen) atoms. The van der Waals surface area contributed by atoms with E-state index in [2.05, 4.69) is 47.7 Å². The Morgan fingerprint density at radius 3 is 2.42 bits per heavy atom. The van der Waals surface area contributed by atoms with Crippen LogP contribution in [0.3, 0.4) is 0 Å². The van der Waals surface area contributed by atoms with E-state index in [1.165, 1.54) is 19.3 Å². The molecule has 0 saturated carbocycles. The minimum Gasteiger partial charge on any atom is -0.0906 e. The minimum absolute atomic E-state index is 0.396. The van der Waals surface area contributed by atoms with Crippen LogP contribution >= 0.6 is 0 Å². The van der Waals surface area contributed by atoms with Crippen molar-refractivity contribution in [1.29, 1.82) is 0 Å². The average Bonchev–Trinajstić information content (AvgIpc) is 2.04. The van der Waals surface area contributed by atoms with E-state index in [9.17, 15) is 0 Å². The Balaban J connectivity index is 3.75. The normalized spacial score (nSPS) is 19.3. The first-order valence-corrected chi connectivity index (χ1v) is 5.19. The van der Waals surface area contributed by atoms with E-state index < -0.39 is 0 Å². The van der Waals surface area contributed by atoms with Gasteiger partial charge >= 0.3 is 0 Å². The molecule has 0 saturated heterocycles. The van der Waals surface area contributed by atoms with E-state index in [-0.39, 0.29) is 0 Å². The van der Waals surface area contributed by atoms with Crippen molar-refractivity contribution < 1.29 is 0 Å². The van der Waals surface area contributed by atoms with E-state index >= 15 is 0 Å². The van der Waals surface area contributed by atoms with Crippen molar-refractivity contribution in [3.8, 4) is 0 Å². The van der Waals surface area contributed by atoms with Gasteiger partial charge in [0.05, 0.1) is 0 Å². The molecule has 2 atom stereocenters. The fourth-order valence-electron chi connectivity index (χ4n) is 0.904. The molecule has 0 fully saturated rings. The van der Waals surface area contributed by atoms with Gasteiger partial charge in [-0.3, -0.25) is 0 Å². The second-order valence-electron chi connectivity index (χ2n) is 4.49. The van der Waals surface area contributed by atoms with Crippen LogP contribution in [0.25, 0.3) is 0 Å². The zero-order valence-electron chi connectivity index (χ0n) is 9.35. The fourth-order valence-corrected chi connectivity index (χ4v) is 0.904. The zero-order chi connectivity index (χ0) is 9.61.